The predicted molar refractivity (Wildman–Crippen MR) is 109 cm³/mol. The number of benzene rings is 1. The summed E-state index contributed by atoms with van der Waals surface area (Å²) < 4.78 is 10.7. The first-order valence-corrected chi connectivity index (χ1v) is 9.40. The van der Waals surface area contributed by atoms with Crippen LogP contribution >= 0.6 is 0 Å². The van der Waals surface area contributed by atoms with Gasteiger partial charge in [0.1, 0.15) is 11.6 Å². The molecule has 0 saturated heterocycles. The Balaban J connectivity index is 1.53. The van der Waals surface area contributed by atoms with Crippen LogP contribution in [0, 0.1) is 17.8 Å². The molecule has 2 N–H and O–H groups in total. The van der Waals surface area contributed by atoms with Crippen molar-refractivity contribution in [3.63, 3.8) is 0 Å². The van der Waals surface area contributed by atoms with Gasteiger partial charge >= 0.3 is 0 Å². The van der Waals surface area contributed by atoms with Gasteiger partial charge in [0.25, 0.3) is 0 Å². The molecule has 7 nitrogen and oxygen atoms in total. The van der Waals surface area contributed by atoms with E-state index < -0.39 is 0 Å². The maximum Gasteiger partial charge on any atom is 0.231 e. The highest BCUT2D eigenvalue weighted by Crippen LogP contribution is 2.33. The summed E-state index contributed by atoms with van der Waals surface area (Å²) in [5.74, 6) is 9.13. The van der Waals surface area contributed by atoms with E-state index in [2.05, 4.69) is 32.4 Å². The molecule has 5 rings (SSSR count). The topological polar surface area (TPSA) is 85.4 Å². The molecule has 1 fully saturated rings. The number of rotatable bonds is 3. The highest BCUT2D eigenvalue weighted by atomic mass is 16.7. The van der Waals surface area contributed by atoms with E-state index in [-0.39, 0.29) is 18.6 Å². The zero-order valence-corrected chi connectivity index (χ0v) is 15.8. The number of amides is 1. The second-order valence-corrected chi connectivity index (χ2v) is 6.97. The van der Waals surface area contributed by atoms with Gasteiger partial charge < -0.3 is 20.1 Å². The summed E-state index contributed by atoms with van der Waals surface area (Å²) in [6, 6.07) is 7.45. The number of hydrogen-bond acceptors (Lipinski definition) is 6. The van der Waals surface area contributed by atoms with Crippen molar-refractivity contribution < 1.29 is 14.3 Å². The number of ether oxygens (including phenoxy) is 2. The summed E-state index contributed by atoms with van der Waals surface area (Å²) >= 11 is 0. The third-order valence-corrected chi connectivity index (χ3v) is 4.92. The molecule has 0 unspecified atom stereocenters. The van der Waals surface area contributed by atoms with Crippen molar-refractivity contribution >= 4 is 28.3 Å². The maximum absolute atomic E-state index is 12.1. The van der Waals surface area contributed by atoms with Crippen molar-refractivity contribution in [3.05, 3.63) is 47.8 Å². The van der Waals surface area contributed by atoms with Crippen LogP contribution in [0.25, 0.3) is 10.8 Å². The number of nitrogens with one attached hydrogen (secondary N) is 2. The van der Waals surface area contributed by atoms with Crippen molar-refractivity contribution in [2.75, 3.05) is 24.5 Å². The molecule has 29 heavy (non-hydrogen) atoms. The summed E-state index contributed by atoms with van der Waals surface area (Å²) in [5.41, 5.74) is 1.57. The highest BCUT2D eigenvalue weighted by molar-refractivity contribution is 5.99. The van der Waals surface area contributed by atoms with Crippen LogP contribution in [0.1, 0.15) is 24.0 Å². The van der Waals surface area contributed by atoms with Gasteiger partial charge in [0, 0.05) is 41.7 Å². The first-order chi connectivity index (χ1) is 14.2. The van der Waals surface area contributed by atoms with Crippen molar-refractivity contribution in [3.8, 4) is 23.3 Å². The van der Waals surface area contributed by atoms with Crippen LogP contribution in [0.15, 0.2) is 36.7 Å². The van der Waals surface area contributed by atoms with Gasteiger partial charge in [0.15, 0.2) is 11.5 Å². The highest BCUT2D eigenvalue weighted by Gasteiger charge is 2.29. The molecular weight excluding hydrogens is 368 g/mol. The smallest absolute Gasteiger partial charge is 0.231 e. The number of aromatic nitrogens is 2. The molecule has 144 valence electrons. The third-order valence-electron chi connectivity index (χ3n) is 4.92. The van der Waals surface area contributed by atoms with Gasteiger partial charge in [-0.15, -0.1) is 0 Å². The van der Waals surface area contributed by atoms with Gasteiger partial charge in [-0.3, -0.25) is 4.79 Å². The van der Waals surface area contributed by atoms with E-state index in [0.29, 0.717) is 17.4 Å². The lowest BCUT2D eigenvalue weighted by Gasteiger charge is -2.09. The molecule has 0 spiro atoms. The molecule has 1 aliphatic heterocycles. The minimum atomic E-state index is 0.0211. The lowest BCUT2D eigenvalue weighted by molar-refractivity contribution is -0.117. The Morgan fingerprint density at radius 2 is 1.93 bits per heavy atom. The van der Waals surface area contributed by atoms with E-state index in [0.717, 1.165) is 40.5 Å². The van der Waals surface area contributed by atoms with E-state index in [1.807, 2.05) is 31.3 Å². The molecule has 3 heterocycles. The fourth-order valence-corrected chi connectivity index (χ4v) is 3.19. The number of hydrogen-bond donors (Lipinski definition) is 2. The number of fused-ring (bicyclic) bond motifs is 2. The number of pyridine rings is 2. The summed E-state index contributed by atoms with van der Waals surface area (Å²) in [5, 5.41) is 7.68. The summed E-state index contributed by atoms with van der Waals surface area (Å²) in [4.78, 5) is 20.9. The molecule has 3 aromatic rings. The van der Waals surface area contributed by atoms with Crippen molar-refractivity contribution in [2.45, 2.75) is 12.8 Å². The van der Waals surface area contributed by atoms with Crippen LogP contribution in [0.3, 0.4) is 0 Å². The zero-order chi connectivity index (χ0) is 19.8. The van der Waals surface area contributed by atoms with Gasteiger partial charge in [-0.05, 0) is 37.1 Å². The molecule has 7 heteroatoms. The molecule has 0 radical (unpaired) electrons. The minimum absolute atomic E-state index is 0.0211. The quantitative estimate of drug-likeness (QED) is 0.673. The molecular formula is C22H18N4O3. The molecule has 2 aliphatic rings. The van der Waals surface area contributed by atoms with Crippen molar-refractivity contribution in [1.29, 1.82) is 0 Å². The maximum atomic E-state index is 12.1. The number of anilines is 2. The molecule has 1 saturated carbocycles. The lowest BCUT2D eigenvalue weighted by Crippen LogP contribution is -2.14. The lowest BCUT2D eigenvalue weighted by atomic mass is 10.1. The summed E-state index contributed by atoms with van der Waals surface area (Å²) in [6.07, 6.45) is 5.32. The second-order valence-electron chi connectivity index (χ2n) is 6.97. The number of carbonyl (C=O) groups is 1. The summed E-state index contributed by atoms with van der Waals surface area (Å²) in [7, 11) is 1.81. The number of nitrogens with zero attached hydrogens (tertiary/aromatic N) is 2. The summed E-state index contributed by atoms with van der Waals surface area (Å²) in [6.45, 7) is 0.231. The van der Waals surface area contributed by atoms with E-state index in [9.17, 15) is 4.79 Å². The second kappa shape index (κ2) is 6.99. The van der Waals surface area contributed by atoms with Crippen molar-refractivity contribution in [1.82, 2.24) is 9.97 Å². The van der Waals surface area contributed by atoms with E-state index in [1.165, 1.54) is 0 Å². The molecule has 2 aromatic heterocycles. The van der Waals surface area contributed by atoms with Gasteiger partial charge in [-0.25, -0.2) is 9.97 Å². The molecule has 1 aromatic carbocycles. The van der Waals surface area contributed by atoms with Gasteiger partial charge in [-0.2, -0.15) is 0 Å². The molecule has 1 amide bonds. The number of carbonyl (C=O) groups excluding carboxylic acids is 1. The van der Waals surface area contributed by atoms with Crippen LogP contribution < -0.4 is 20.1 Å². The van der Waals surface area contributed by atoms with E-state index in [1.54, 1.807) is 12.4 Å². The average Bonchev–Trinajstić information content (AvgIpc) is 3.50. The first-order valence-electron chi connectivity index (χ1n) is 9.40. The predicted octanol–water partition coefficient (Wildman–Crippen LogP) is 3.15. The average molecular weight is 386 g/mol. The minimum Gasteiger partial charge on any atom is -0.454 e. The standard InChI is InChI=1S/C22H18N4O3/c1-23-21-17-11-24-20(26-22(27)14-5-6-14)9-16(17)15(10-25-21)4-2-13-3-7-18-19(8-13)29-12-28-18/h3,7-11,14H,5-6,12H2,1H3,(H,23,25)(H,24,26,27). The first kappa shape index (κ1) is 17.3. The Morgan fingerprint density at radius 3 is 2.76 bits per heavy atom. The fourth-order valence-electron chi connectivity index (χ4n) is 3.19. The fraction of sp³-hybridized carbons (Fsp3) is 0.227. The van der Waals surface area contributed by atoms with Crippen LogP contribution in [-0.4, -0.2) is 29.7 Å². The normalized spacial score (nSPS) is 14.2. The molecule has 1 aliphatic carbocycles. The van der Waals surface area contributed by atoms with Crippen LogP contribution in [0.4, 0.5) is 11.6 Å². The third kappa shape index (κ3) is 3.41. The Hall–Kier alpha value is -3.79. The van der Waals surface area contributed by atoms with E-state index in [4.69, 9.17) is 9.47 Å². The Kier molecular flexibility index (Phi) is 4.17. The largest absolute Gasteiger partial charge is 0.454 e. The van der Waals surface area contributed by atoms with Crippen LogP contribution in [0.5, 0.6) is 11.5 Å². The van der Waals surface area contributed by atoms with Gasteiger partial charge in [0.05, 0.1) is 5.56 Å². The monoisotopic (exact) mass is 386 g/mol. The molecule has 0 bridgehead atoms. The Morgan fingerprint density at radius 1 is 1.07 bits per heavy atom. The van der Waals surface area contributed by atoms with E-state index >= 15 is 0 Å². The van der Waals surface area contributed by atoms with Crippen LogP contribution in [0.2, 0.25) is 0 Å². The van der Waals surface area contributed by atoms with Gasteiger partial charge in [-0.1, -0.05) is 11.8 Å². The Labute approximate surface area is 167 Å². The Bertz CT molecular complexity index is 1190. The van der Waals surface area contributed by atoms with Crippen molar-refractivity contribution in [2.24, 2.45) is 5.92 Å². The van der Waals surface area contributed by atoms with Gasteiger partial charge in [0.2, 0.25) is 12.7 Å². The van der Waals surface area contributed by atoms with Crippen LogP contribution in [-0.2, 0) is 4.79 Å². The SMILES string of the molecule is CNc1ncc(C#Cc2ccc3c(c2)OCO3)c2cc(NC(=O)C3CC3)ncc12. The zero-order valence-electron chi connectivity index (χ0n) is 15.8. The molecule has 0 atom stereocenters.